The lowest BCUT2D eigenvalue weighted by Crippen LogP contribution is -2.32. The summed E-state index contributed by atoms with van der Waals surface area (Å²) in [4.78, 5) is 12.4. The maximum absolute atomic E-state index is 9.52. The molecule has 1 unspecified atom stereocenters. The van der Waals surface area contributed by atoms with Gasteiger partial charge in [0, 0.05) is 6.61 Å². The molecule has 0 spiro atoms. The van der Waals surface area contributed by atoms with Crippen LogP contribution in [0.15, 0.2) is 12.7 Å². The summed E-state index contributed by atoms with van der Waals surface area (Å²) in [5.74, 6) is 0.328. The third kappa shape index (κ3) is 2.52. The predicted octanol–water partition coefficient (Wildman–Crippen LogP) is -0.728. The third-order valence-corrected chi connectivity index (χ3v) is 4.23. The van der Waals surface area contributed by atoms with Gasteiger partial charge < -0.3 is 34.4 Å². The third-order valence-electron chi connectivity index (χ3n) is 4.23. The Hall–Kier alpha value is -1.85. The number of nitrogen functional groups attached to an aromatic ring is 1. The minimum Gasteiger partial charge on any atom is -0.394 e. The Labute approximate surface area is 137 Å². The van der Waals surface area contributed by atoms with Crippen LogP contribution in [-0.2, 0) is 25.5 Å². The van der Waals surface area contributed by atoms with Gasteiger partial charge in [-0.05, 0) is 6.92 Å². The Kier molecular flexibility index (Phi) is 4.06. The zero-order valence-corrected chi connectivity index (χ0v) is 13.1. The molecule has 5 atom stereocenters. The van der Waals surface area contributed by atoms with Crippen molar-refractivity contribution in [2.75, 3.05) is 18.9 Å². The number of aromatic nitrogens is 4. The van der Waals surface area contributed by atoms with E-state index in [1.165, 1.54) is 6.33 Å². The molecule has 2 aromatic rings. The maximum atomic E-state index is 9.52. The number of hydrogen-bond donors (Lipinski definition) is 2. The summed E-state index contributed by atoms with van der Waals surface area (Å²) in [6, 6.07) is 0. The first kappa shape index (κ1) is 15.7. The molecule has 130 valence electrons. The van der Waals surface area contributed by atoms with Crippen LogP contribution in [0.4, 0.5) is 5.82 Å². The smallest absolute Gasteiger partial charge is 0.272 e. The van der Waals surface area contributed by atoms with Crippen molar-refractivity contribution in [1.29, 1.82) is 0 Å². The first-order valence-electron chi connectivity index (χ1n) is 7.81. The number of anilines is 1. The highest BCUT2D eigenvalue weighted by atomic mass is 16.9. The number of fused-ring (bicyclic) bond motifs is 2. The molecule has 0 radical (unpaired) electrons. The highest BCUT2D eigenvalue weighted by Gasteiger charge is 2.52. The number of nitrogens with two attached hydrogens (primary N) is 1. The fourth-order valence-corrected chi connectivity index (χ4v) is 3.16. The second kappa shape index (κ2) is 6.22. The highest BCUT2D eigenvalue weighted by molar-refractivity contribution is 5.81. The lowest BCUT2D eigenvalue weighted by molar-refractivity contribution is -0.261. The van der Waals surface area contributed by atoms with E-state index in [0.29, 0.717) is 30.1 Å². The van der Waals surface area contributed by atoms with E-state index >= 15 is 0 Å². The summed E-state index contributed by atoms with van der Waals surface area (Å²) >= 11 is 0. The van der Waals surface area contributed by atoms with Gasteiger partial charge >= 0.3 is 0 Å². The Morgan fingerprint density at radius 2 is 2.00 bits per heavy atom. The van der Waals surface area contributed by atoms with Crippen molar-refractivity contribution in [2.24, 2.45) is 0 Å². The molecule has 4 rings (SSSR count). The fraction of sp³-hybridized carbons (Fsp3) is 0.643. The molecule has 2 aliphatic rings. The van der Waals surface area contributed by atoms with Gasteiger partial charge in [-0.3, -0.25) is 0 Å². The van der Waals surface area contributed by atoms with Crippen LogP contribution in [0, 0.1) is 0 Å². The van der Waals surface area contributed by atoms with E-state index in [2.05, 4.69) is 15.0 Å². The zero-order chi connectivity index (χ0) is 16.7. The van der Waals surface area contributed by atoms with Gasteiger partial charge in [-0.15, -0.1) is 0 Å². The van der Waals surface area contributed by atoms with Crippen LogP contribution in [0.1, 0.15) is 6.92 Å². The van der Waals surface area contributed by atoms with E-state index in [-0.39, 0.29) is 24.9 Å². The van der Waals surface area contributed by atoms with Crippen LogP contribution in [-0.4, -0.2) is 68.7 Å². The van der Waals surface area contributed by atoms with Crippen LogP contribution in [0.2, 0.25) is 0 Å². The minimum atomic E-state index is -0.733. The van der Waals surface area contributed by atoms with Crippen LogP contribution in [0.3, 0.4) is 0 Å². The van der Waals surface area contributed by atoms with Gasteiger partial charge in [-0.1, -0.05) is 0 Å². The second-order valence-electron chi connectivity index (χ2n) is 5.67. The Morgan fingerprint density at radius 3 is 2.75 bits per heavy atom. The van der Waals surface area contributed by atoms with Gasteiger partial charge in [0.2, 0.25) is 0 Å². The summed E-state index contributed by atoms with van der Waals surface area (Å²) in [5.41, 5.74) is 6.97. The maximum Gasteiger partial charge on any atom is 0.272 e. The molecule has 0 bridgehead atoms. The van der Waals surface area contributed by atoms with Crippen molar-refractivity contribution in [1.82, 2.24) is 19.5 Å². The van der Waals surface area contributed by atoms with Crippen LogP contribution < -0.4 is 5.73 Å². The summed E-state index contributed by atoms with van der Waals surface area (Å²) in [5, 5.41) is 9.52. The average molecular weight is 337 g/mol. The number of hydrogen-bond acceptors (Lipinski definition) is 9. The molecule has 0 saturated carbocycles. The predicted molar refractivity (Wildman–Crippen MR) is 80.6 cm³/mol. The first-order valence-corrected chi connectivity index (χ1v) is 7.81. The molecule has 3 N–H and O–H groups in total. The van der Waals surface area contributed by atoms with Crippen molar-refractivity contribution in [3.8, 4) is 0 Å². The van der Waals surface area contributed by atoms with Gasteiger partial charge in [0.15, 0.2) is 11.5 Å². The quantitative estimate of drug-likeness (QED) is 0.726. The molecular weight excluding hydrogens is 318 g/mol. The Bertz CT molecular complexity index is 725. The molecule has 0 aliphatic carbocycles. The molecule has 2 aromatic heterocycles. The van der Waals surface area contributed by atoms with E-state index in [4.69, 9.17) is 24.7 Å². The van der Waals surface area contributed by atoms with Gasteiger partial charge in [-0.2, -0.15) is 0 Å². The first-order chi connectivity index (χ1) is 11.7. The van der Waals surface area contributed by atoms with Gasteiger partial charge in [0.25, 0.3) is 6.48 Å². The molecule has 4 heterocycles. The lowest BCUT2D eigenvalue weighted by Gasteiger charge is -2.19. The molecule has 0 amide bonds. The molecule has 2 fully saturated rings. The van der Waals surface area contributed by atoms with Crippen molar-refractivity contribution in [3.05, 3.63) is 12.7 Å². The number of aliphatic hydroxyl groups excluding tert-OH is 1. The van der Waals surface area contributed by atoms with Crippen LogP contribution >= 0.6 is 0 Å². The molecular formula is C14H19N5O5. The van der Waals surface area contributed by atoms with Crippen LogP contribution in [0.5, 0.6) is 0 Å². The van der Waals surface area contributed by atoms with E-state index in [9.17, 15) is 5.11 Å². The molecule has 10 nitrogen and oxygen atoms in total. The zero-order valence-electron chi connectivity index (χ0n) is 13.1. The summed E-state index contributed by atoms with van der Waals surface area (Å²) in [6.45, 7) is 1.89. The number of imidazole rings is 1. The highest BCUT2D eigenvalue weighted by Crippen LogP contribution is 2.35. The molecule has 24 heavy (non-hydrogen) atoms. The monoisotopic (exact) mass is 337 g/mol. The summed E-state index contributed by atoms with van der Waals surface area (Å²) < 4.78 is 24.5. The van der Waals surface area contributed by atoms with E-state index < -0.39 is 12.6 Å². The molecule has 2 aliphatic heterocycles. The normalized spacial score (nSPS) is 32.5. The number of nitrogens with zero attached hydrogens (tertiary/aromatic N) is 4. The second-order valence-corrected chi connectivity index (χ2v) is 5.67. The van der Waals surface area contributed by atoms with E-state index in [0.717, 1.165) is 0 Å². The molecule has 2 saturated heterocycles. The van der Waals surface area contributed by atoms with Crippen molar-refractivity contribution < 1.29 is 24.1 Å². The van der Waals surface area contributed by atoms with Gasteiger partial charge in [-0.25, -0.2) is 15.0 Å². The Morgan fingerprint density at radius 1 is 1.21 bits per heavy atom. The van der Waals surface area contributed by atoms with Crippen LogP contribution in [0.25, 0.3) is 11.2 Å². The van der Waals surface area contributed by atoms with Gasteiger partial charge in [0.1, 0.15) is 36.3 Å². The summed E-state index contributed by atoms with van der Waals surface area (Å²) in [6.07, 6.45) is 1.54. The van der Waals surface area contributed by atoms with E-state index in [1.54, 1.807) is 6.33 Å². The molecule has 10 heteroatoms. The fourth-order valence-electron chi connectivity index (χ4n) is 3.16. The summed E-state index contributed by atoms with van der Waals surface area (Å²) in [7, 11) is 0. The number of aliphatic hydroxyl groups is 1. The number of rotatable bonds is 5. The average Bonchev–Trinajstić information content (AvgIpc) is 3.24. The minimum absolute atomic E-state index is 0.153. The molecule has 0 aromatic carbocycles. The van der Waals surface area contributed by atoms with Crippen molar-refractivity contribution in [2.45, 2.75) is 44.4 Å². The van der Waals surface area contributed by atoms with E-state index in [1.807, 2.05) is 11.5 Å². The van der Waals surface area contributed by atoms with Crippen molar-refractivity contribution in [3.63, 3.8) is 0 Å². The van der Waals surface area contributed by atoms with Crippen molar-refractivity contribution >= 4 is 17.0 Å². The standard InChI is InChI=1S/C14H19N5O5/c1-2-21-14-23-10-7(22-8(4-20)11(10)24-14)3-19-6-18-9-12(15)16-5-17-13(9)19/h5-8,10-11,14,20H,2-4H2,1H3,(H2,15,16,17)/t7-,8+,10-,11+,14?/m0/s1. The lowest BCUT2D eigenvalue weighted by atomic mass is 10.1. The van der Waals surface area contributed by atoms with Gasteiger partial charge in [0.05, 0.1) is 19.5 Å². The topological polar surface area (TPSA) is 127 Å². The SMILES string of the molecule is CCOC1O[C@@H]2[C@H](O1)[C@@H](CO)O[C@H]2Cn1cnc2c(N)ncnc21. The number of ether oxygens (including phenoxy) is 4. The Balaban J connectivity index is 1.56. The largest absolute Gasteiger partial charge is 0.394 e.